The maximum absolute atomic E-state index is 12.3. The van der Waals surface area contributed by atoms with E-state index < -0.39 is 38.4 Å². The molecule has 2 atom stereocenters. The third kappa shape index (κ3) is 3.22. The van der Waals surface area contributed by atoms with Crippen LogP contribution in [0, 0.1) is 0 Å². The highest BCUT2D eigenvalue weighted by atomic mass is 32.2. The number of hydrogen-bond acceptors (Lipinski definition) is 7. The van der Waals surface area contributed by atoms with Crippen LogP contribution >= 0.6 is 0 Å². The van der Waals surface area contributed by atoms with Gasteiger partial charge in [-0.3, -0.25) is 9.59 Å². The first-order valence-electron chi connectivity index (χ1n) is 6.24. The van der Waals surface area contributed by atoms with Crippen molar-refractivity contribution in [2.45, 2.75) is 24.1 Å². The zero-order valence-corrected chi connectivity index (χ0v) is 11.9. The van der Waals surface area contributed by atoms with Gasteiger partial charge in [0.25, 0.3) is 0 Å². The molecule has 0 saturated carbocycles. The number of carbonyl (C=O) groups excluding carboxylic acids is 2. The van der Waals surface area contributed by atoms with E-state index in [9.17, 15) is 23.1 Å². The SMILES string of the molecule is C=CCC(=O)C(=O)CS(=O)(=O)C1C=C(O)CC2NOC=C21. The lowest BCUT2D eigenvalue weighted by Crippen LogP contribution is -2.39. The highest BCUT2D eigenvalue weighted by Crippen LogP contribution is 2.30. The molecular weight excluding hydrogens is 298 g/mol. The Hall–Kier alpha value is -1.93. The van der Waals surface area contributed by atoms with E-state index in [1.165, 1.54) is 18.4 Å². The number of hydrogen-bond donors (Lipinski definition) is 2. The number of aliphatic hydroxyl groups excluding tert-OH is 1. The van der Waals surface area contributed by atoms with Crippen LogP contribution in [0.2, 0.25) is 0 Å². The molecule has 0 bridgehead atoms. The molecule has 21 heavy (non-hydrogen) atoms. The Balaban J connectivity index is 2.22. The minimum Gasteiger partial charge on any atom is -0.513 e. The smallest absolute Gasteiger partial charge is 0.213 e. The zero-order chi connectivity index (χ0) is 15.6. The van der Waals surface area contributed by atoms with Gasteiger partial charge in [-0.25, -0.2) is 8.42 Å². The molecule has 1 heterocycles. The van der Waals surface area contributed by atoms with Crippen LogP contribution in [-0.4, -0.2) is 42.1 Å². The number of carbonyl (C=O) groups is 2. The molecule has 114 valence electrons. The van der Waals surface area contributed by atoms with Gasteiger partial charge in [0.2, 0.25) is 11.6 Å². The summed E-state index contributed by atoms with van der Waals surface area (Å²) in [6.07, 6.45) is 3.68. The van der Waals surface area contributed by atoms with Crippen LogP contribution in [0.1, 0.15) is 12.8 Å². The summed E-state index contributed by atoms with van der Waals surface area (Å²) >= 11 is 0. The maximum atomic E-state index is 12.3. The molecule has 2 aliphatic rings. The van der Waals surface area contributed by atoms with Crippen LogP contribution in [0.4, 0.5) is 0 Å². The molecule has 0 spiro atoms. The summed E-state index contributed by atoms with van der Waals surface area (Å²) in [6.45, 7) is 3.32. The maximum Gasteiger partial charge on any atom is 0.213 e. The molecule has 1 aliphatic heterocycles. The third-order valence-corrected chi connectivity index (χ3v) is 5.10. The number of allylic oxidation sites excluding steroid dienone is 1. The van der Waals surface area contributed by atoms with Gasteiger partial charge in [-0.1, -0.05) is 6.08 Å². The second-order valence-electron chi connectivity index (χ2n) is 4.84. The largest absolute Gasteiger partial charge is 0.513 e. The topological polar surface area (TPSA) is 110 Å². The third-order valence-electron chi connectivity index (χ3n) is 3.25. The van der Waals surface area contributed by atoms with Crippen molar-refractivity contribution in [3.63, 3.8) is 0 Å². The van der Waals surface area contributed by atoms with Gasteiger partial charge >= 0.3 is 0 Å². The zero-order valence-electron chi connectivity index (χ0n) is 11.1. The van der Waals surface area contributed by atoms with Crippen LogP contribution in [0.15, 0.2) is 36.3 Å². The molecule has 0 aromatic carbocycles. The van der Waals surface area contributed by atoms with Gasteiger partial charge in [0, 0.05) is 18.4 Å². The van der Waals surface area contributed by atoms with Crippen molar-refractivity contribution in [1.82, 2.24) is 5.48 Å². The molecule has 0 saturated heterocycles. The molecule has 0 aromatic rings. The summed E-state index contributed by atoms with van der Waals surface area (Å²) in [4.78, 5) is 27.9. The number of rotatable bonds is 6. The van der Waals surface area contributed by atoms with Crippen molar-refractivity contribution in [3.8, 4) is 0 Å². The molecule has 2 rings (SSSR count). The standard InChI is InChI=1S/C13H15NO6S/c1-2-3-11(16)12(17)7-21(18,19)13-5-8(15)4-10-9(13)6-20-14-10/h2,5-6,10,13-15H,1,3-4,7H2. The number of hydroxylamine groups is 1. The van der Waals surface area contributed by atoms with Crippen molar-refractivity contribution in [2.24, 2.45) is 0 Å². The molecule has 8 heteroatoms. The molecule has 1 aliphatic carbocycles. The van der Waals surface area contributed by atoms with Gasteiger partial charge in [0.05, 0.1) is 11.8 Å². The summed E-state index contributed by atoms with van der Waals surface area (Å²) in [5.41, 5.74) is 2.98. The lowest BCUT2D eigenvalue weighted by molar-refractivity contribution is -0.134. The van der Waals surface area contributed by atoms with E-state index in [0.717, 1.165) is 0 Å². The molecule has 0 radical (unpaired) electrons. The van der Waals surface area contributed by atoms with Crippen molar-refractivity contribution in [1.29, 1.82) is 0 Å². The van der Waals surface area contributed by atoms with Gasteiger partial charge in [-0.05, 0) is 6.08 Å². The number of sulfone groups is 1. The first-order chi connectivity index (χ1) is 9.85. The Kier molecular flexibility index (Phi) is 4.29. The van der Waals surface area contributed by atoms with Gasteiger partial charge in [0.1, 0.15) is 17.3 Å². The summed E-state index contributed by atoms with van der Waals surface area (Å²) in [5, 5.41) is 8.45. The Morgan fingerprint density at radius 1 is 1.48 bits per heavy atom. The highest BCUT2D eigenvalue weighted by Gasteiger charge is 2.40. The molecule has 0 aromatic heterocycles. The predicted octanol–water partition coefficient (Wildman–Crippen LogP) is 0.117. The van der Waals surface area contributed by atoms with Gasteiger partial charge in [-0.2, -0.15) is 0 Å². The Labute approximate surface area is 121 Å². The van der Waals surface area contributed by atoms with Crippen molar-refractivity contribution < 1.29 is 28.0 Å². The number of nitrogens with one attached hydrogen (secondary N) is 1. The minimum absolute atomic E-state index is 0.103. The average Bonchev–Trinajstić information content (AvgIpc) is 2.85. The van der Waals surface area contributed by atoms with E-state index in [4.69, 9.17) is 4.84 Å². The summed E-state index contributed by atoms with van der Waals surface area (Å²) < 4.78 is 24.6. The normalized spacial score (nSPS) is 24.4. The first kappa shape index (κ1) is 15.5. The summed E-state index contributed by atoms with van der Waals surface area (Å²) in [7, 11) is -3.96. The van der Waals surface area contributed by atoms with Crippen LogP contribution in [0.25, 0.3) is 0 Å². The second-order valence-corrected chi connectivity index (χ2v) is 6.96. The first-order valence-corrected chi connectivity index (χ1v) is 7.96. The molecule has 7 nitrogen and oxygen atoms in total. The lowest BCUT2D eigenvalue weighted by Gasteiger charge is -2.24. The van der Waals surface area contributed by atoms with E-state index >= 15 is 0 Å². The Bertz CT molecular complexity index is 646. The van der Waals surface area contributed by atoms with E-state index in [1.54, 1.807) is 0 Å². The van der Waals surface area contributed by atoms with Gasteiger partial charge in [0.15, 0.2) is 9.84 Å². The molecule has 2 unspecified atom stereocenters. The van der Waals surface area contributed by atoms with Crippen LogP contribution in [0.5, 0.6) is 0 Å². The fraction of sp³-hybridized carbons (Fsp3) is 0.385. The number of Topliss-reactive ketones (excluding diaryl/α,β-unsaturated/α-hetero) is 2. The van der Waals surface area contributed by atoms with Crippen molar-refractivity contribution >= 4 is 21.4 Å². The molecular formula is C13H15NO6S. The Morgan fingerprint density at radius 2 is 2.19 bits per heavy atom. The fourth-order valence-electron chi connectivity index (χ4n) is 2.22. The summed E-state index contributed by atoms with van der Waals surface area (Å²) in [6, 6.07) is -0.450. The second kappa shape index (κ2) is 5.82. The molecule has 0 amide bonds. The van der Waals surface area contributed by atoms with Gasteiger partial charge in [-0.15, -0.1) is 12.1 Å². The average molecular weight is 313 g/mol. The lowest BCUT2D eigenvalue weighted by atomic mass is 9.96. The monoisotopic (exact) mass is 313 g/mol. The summed E-state index contributed by atoms with van der Waals surface area (Å²) in [5.74, 6) is -2.80. The van der Waals surface area contributed by atoms with Crippen LogP contribution < -0.4 is 5.48 Å². The molecule has 0 fully saturated rings. The van der Waals surface area contributed by atoms with Crippen molar-refractivity contribution in [3.05, 3.63) is 36.3 Å². The van der Waals surface area contributed by atoms with Crippen LogP contribution in [0.3, 0.4) is 0 Å². The van der Waals surface area contributed by atoms with E-state index in [-0.39, 0.29) is 18.6 Å². The van der Waals surface area contributed by atoms with E-state index in [2.05, 4.69) is 12.1 Å². The highest BCUT2D eigenvalue weighted by molar-refractivity contribution is 7.93. The number of ketones is 2. The Morgan fingerprint density at radius 3 is 2.86 bits per heavy atom. The molecule has 2 N–H and O–H groups in total. The van der Waals surface area contributed by atoms with Crippen LogP contribution in [-0.2, 0) is 24.3 Å². The quantitative estimate of drug-likeness (QED) is 0.529. The number of aliphatic hydroxyl groups is 1. The van der Waals surface area contributed by atoms with Crippen molar-refractivity contribution in [2.75, 3.05) is 5.75 Å². The van der Waals surface area contributed by atoms with E-state index in [0.29, 0.717) is 5.57 Å². The number of fused-ring (bicyclic) bond motifs is 1. The van der Waals surface area contributed by atoms with Gasteiger partial charge < -0.3 is 9.94 Å². The fourth-order valence-corrected chi connectivity index (χ4v) is 3.92. The predicted molar refractivity (Wildman–Crippen MR) is 73.8 cm³/mol. The van der Waals surface area contributed by atoms with E-state index in [1.807, 2.05) is 0 Å². The minimum atomic E-state index is -3.96.